The third-order valence-corrected chi connectivity index (χ3v) is 5.64. The summed E-state index contributed by atoms with van der Waals surface area (Å²) in [7, 11) is 2.16. The van der Waals surface area contributed by atoms with Crippen LogP contribution in [0.15, 0.2) is 36.7 Å². The highest BCUT2D eigenvalue weighted by molar-refractivity contribution is 5.88. The monoisotopic (exact) mass is 388 g/mol. The summed E-state index contributed by atoms with van der Waals surface area (Å²) < 4.78 is 1.91. The fourth-order valence-corrected chi connectivity index (χ4v) is 4.04. The number of piperazine rings is 1. The highest BCUT2D eigenvalue weighted by atomic mass is 15.3. The molecule has 5 rings (SSSR count). The first-order chi connectivity index (χ1) is 14.1. The molecule has 0 aliphatic carbocycles. The highest BCUT2D eigenvalue weighted by Crippen LogP contribution is 2.27. The molecule has 1 fully saturated rings. The maximum atomic E-state index is 6.07. The lowest BCUT2D eigenvalue weighted by Gasteiger charge is -2.34. The van der Waals surface area contributed by atoms with Crippen LogP contribution in [0.5, 0.6) is 0 Å². The van der Waals surface area contributed by atoms with Crippen LogP contribution in [0.25, 0.3) is 21.9 Å². The lowest BCUT2D eigenvalue weighted by molar-refractivity contribution is 0.312. The molecule has 4 heterocycles. The third-order valence-electron chi connectivity index (χ3n) is 5.64. The number of hydrogen-bond donors (Lipinski definition) is 1. The minimum atomic E-state index is 0.467. The third kappa shape index (κ3) is 3.15. The van der Waals surface area contributed by atoms with Gasteiger partial charge < -0.3 is 15.5 Å². The van der Waals surface area contributed by atoms with E-state index in [4.69, 9.17) is 15.8 Å². The van der Waals surface area contributed by atoms with E-state index in [1.807, 2.05) is 23.7 Å². The summed E-state index contributed by atoms with van der Waals surface area (Å²) in [5, 5.41) is 6.65. The number of pyridine rings is 1. The number of para-hydroxylation sites is 1. The Bertz CT molecular complexity index is 1190. The van der Waals surface area contributed by atoms with Crippen molar-refractivity contribution in [3.8, 4) is 0 Å². The second-order valence-electron chi connectivity index (χ2n) is 7.65. The van der Waals surface area contributed by atoms with Crippen LogP contribution in [0.4, 0.5) is 11.6 Å². The van der Waals surface area contributed by atoms with E-state index >= 15 is 0 Å². The first-order valence-electron chi connectivity index (χ1n) is 9.86. The number of nitrogens with two attached hydrogens (primary N) is 1. The zero-order valence-electron chi connectivity index (χ0n) is 16.7. The molecular weight excluding hydrogens is 364 g/mol. The molecule has 1 aliphatic rings. The molecule has 0 amide bonds. The molecule has 0 radical (unpaired) electrons. The second kappa shape index (κ2) is 6.97. The Morgan fingerprint density at radius 2 is 1.86 bits per heavy atom. The highest BCUT2D eigenvalue weighted by Gasteiger charge is 2.21. The minimum Gasteiger partial charge on any atom is -0.383 e. The number of rotatable bonds is 3. The maximum Gasteiger partial charge on any atom is 0.163 e. The van der Waals surface area contributed by atoms with Gasteiger partial charge in [-0.1, -0.05) is 18.2 Å². The van der Waals surface area contributed by atoms with Crippen molar-refractivity contribution in [2.75, 3.05) is 43.9 Å². The van der Waals surface area contributed by atoms with E-state index in [1.54, 1.807) is 0 Å². The van der Waals surface area contributed by atoms with Crippen molar-refractivity contribution in [1.82, 2.24) is 29.6 Å². The maximum absolute atomic E-state index is 6.07. The molecule has 1 aromatic carbocycles. The molecule has 2 N–H and O–H groups in total. The average molecular weight is 388 g/mol. The van der Waals surface area contributed by atoms with Gasteiger partial charge in [-0.15, -0.1) is 0 Å². The summed E-state index contributed by atoms with van der Waals surface area (Å²) in [5.41, 5.74) is 9.81. The molecule has 0 unspecified atom stereocenters. The van der Waals surface area contributed by atoms with E-state index in [1.165, 1.54) is 6.33 Å². The van der Waals surface area contributed by atoms with Crippen LogP contribution in [-0.4, -0.2) is 62.9 Å². The van der Waals surface area contributed by atoms with Crippen molar-refractivity contribution < 1.29 is 0 Å². The standard InChI is InChI=1S/C21H24N8/c1-14-18-19(22)23-13-24-21(18)29(26-14)12-16-11-15-5-3-4-6-17(15)25-20(16)28-9-7-27(2)8-10-28/h3-6,11,13H,7-10,12H2,1-2H3,(H2,22,23,24). The lowest BCUT2D eigenvalue weighted by Crippen LogP contribution is -2.45. The first kappa shape index (κ1) is 17.8. The quantitative estimate of drug-likeness (QED) is 0.575. The zero-order chi connectivity index (χ0) is 20.0. The Balaban J connectivity index is 1.62. The zero-order valence-corrected chi connectivity index (χ0v) is 16.7. The van der Waals surface area contributed by atoms with Crippen molar-refractivity contribution >= 4 is 33.6 Å². The number of aryl methyl sites for hydroxylation is 1. The summed E-state index contributed by atoms with van der Waals surface area (Å²) in [5.74, 6) is 1.50. The van der Waals surface area contributed by atoms with Crippen LogP contribution < -0.4 is 10.6 Å². The molecular formula is C21H24N8. The molecule has 29 heavy (non-hydrogen) atoms. The number of benzene rings is 1. The molecule has 8 heteroatoms. The Morgan fingerprint density at radius 3 is 2.69 bits per heavy atom. The van der Waals surface area contributed by atoms with Gasteiger partial charge in [0.25, 0.3) is 0 Å². The fourth-order valence-electron chi connectivity index (χ4n) is 4.04. The molecule has 148 valence electrons. The number of nitrogens with zero attached hydrogens (tertiary/aromatic N) is 7. The van der Waals surface area contributed by atoms with Gasteiger partial charge in [0.15, 0.2) is 5.65 Å². The van der Waals surface area contributed by atoms with Crippen LogP contribution in [0.3, 0.4) is 0 Å². The van der Waals surface area contributed by atoms with E-state index in [9.17, 15) is 0 Å². The van der Waals surface area contributed by atoms with Gasteiger partial charge in [-0.3, -0.25) is 0 Å². The molecule has 8 nitrogen and oxygen atoms in total. The molecule has 0 saturated carbocycles. The molecule has 0 atom stereocenters. The normalized spacial score (nSPS) is 15.4. The molecule has 1 saturated heterocycles. The van der Waals surface area contributed by atoms with Gasteiger partial charge in [0, 0.05) is 37.1 Å². The van der Waals surface area contributed by atoms with Gasteiger partial charge in [0.05, 0.1) is 23.1 Å². The van der Waals surface area contributed by atoms with Gasteiger partial charge in [-0.05, 0) is 26.1 Å². The van der Waals surface area contributed by atoms with Crippen LogP contribution in [0.1, 0.15) is 11.3 Å². The van der Waals surface area contributed by atoms with Gasteiger partial charge in [-0.2, -0.15) is 5.10 Å². The Morgan fingerprint density at radius 1 is 1.07 bits per heavy atom. The smallest absolute Gasteiger partial charge is 0.163 e. The summed E-state index contributed by atoms with van der Waals surface area (Å²) >= 11 is 0. The predicted octanol–water partition coefficient (Wildman–Crippen LogP) is 2.07. The van der Waals surface area contributed by atoms with Crippen molar-refractivity contribution in [2.45, 2.75) is 13.5 Å². The van der Waals surface area contributed by atoms with Gasteiger partial charge in [-0.25, -0.2) is 19.6 Å². The van der Waals surface area contributed by atoms with Crippen molar-refractivity contribution in [2.24, 2.45) is 0 Å². The summed E-state index contributed by atoms with van der Waals surface area (Å²) in [6.07, 6.45) is 1.50. The molecule has 3 aromatic heterocycles. The summed E-state index contributed by atoms with van der Waals surface area (Å²) in [6.45, 7) is 6.51. The van der Waals surface area contributed by atoms with E-state index in [2.05, 4.69) is 45.0 Å². The number of aromatic nitrogens is 5. The van der Waals surface area contributed by atoms with Gasteiger partial charge in [0.1, 0.15) is 18.0 Å². The fraction of sp³-hybridized carbons (Fsp3) is 0.333. The van der Waals surface area contributed by atoms with E-state index in [-0.39, 0.29) is 0 Å². The molecule has 0 spiro atoms. The van der Waals surface area contributed by atoms with Crippen LogP contribution in [0, 0.1) is 6.92 Å². The predicted molar refractivity (Wildman–Crippen MR) is 115 cm³/mol. The summed E-state index contributed by atoms with van der Waals surface area (Å²) in [6, 6.07) is 10.5. The minimum absolute atomic E-state index is 0.467. The van der Waals surface area contributed by atoms with Crippen molar-refractivity contribution in [1.29, 1.82) is 0 Å². The number of fused-ring (bicyclic) bond motifs is 2. The summed E-state index contributed by atoms with van der Waals surface area (Å²) in [4.78, 5) is 18.3. The molecule has 4 aromatic rings. The van der Waals surface area contributed by atoms with E-state index < -0.39 is 0 Å². The van der Waals surface area contributed by atoms with E-state index in [0.717, 1.165) is 65.2 Å². The number of anilines is 2. The van der Waals surface area contributed by atoms with Gasteiger partial charge in [0.2, 0.25) is 0 Å². The molecule has 1 aliphatic heterocycles. The van der Waals surface area contributed by atoms with E-state index in [0.29, 0.717) is 12.4 Å². The second-order valence-corrected chi connectivity index (χ2v) is 7.65. The lowest BCUT2D eigenvalue weighted by atomic mass is 10.1. The number of nitrogen functional groups attached to an aromatic ring is 1. The first-order valence-corrected chi connectivity index (χ1v) is 9.86. The van der Waals surface area contributed by atoms with Crippen molar-refractivity contribution in [3.63, 3.8) is 0 Å². The van der Waals surface area contributed by atoms with Crippen LogP contribution >= 0.6 is 0 Å². The van der Waals surface area contributed by atoms with Gasteiger partial charge >= 0.3 is 0 Å². The largest absolute Gasteiger partial charge is 0.383 e. The average Bonchev–Trinajstić information content (AvgIpc) is 3.05. The number of likely N-dealkylation sites (N-methyl/N-ethyl adjacent to an activating group) is 1. The molecule has 0 bridgehead atoms. The Labute approximate surface area is 169 Å². The van der Waals surface area contributed by atoms with Crippen molar-refractivity contribution in [3.05, 3.63) is 47.9 Å². The Hall–Kier alpha value is -3.26. The topological polar surface area (TPSA) is 89.0 Å². The number of hydrogen-bond acceptors (Lipinski definition) is 7. The van der Waals surface area contributed by atoms with Crippen LogP contribution in [-0.2, 0) is 6.54 Å². The van der Waals surface area contributed by atoms with Crippen LogP contribution in [0.2, 0.25) is 0 Å². The SMILES string of the molecule is Cc1nn(Cc2cc3ccccc3nc2N2CCN(C)CC2)c2ncnc(N)c12. The Kier molecular flexibility index (Phi) is 4.28.